The molecule has 2 aromatic rings. The number of likely N-dealkylation sites (tertiary alicyclic amines) is 1. The molecule has 0 atom stereocenters. The van der Waals surface area contributed by atoms with E-state index < -0.39 is 0 Å². The molecule has 4 rings (SSSR count). The number of carbonyl (C=O) groups is 1. The Morgan fingerprint density at radius 3 is 2.74 bits per heavy atom. The summed E-state index contributed by atoms with van der Waals surface area (Å²) in [6.07, 6.45) is 3.59. The van der Waals surface area contributed by atoms with Crippen LogP contribution in [0.5, 0.6) is 5.75 Å². The number of rotatable bonds is 8. The van der Waals surface area contributed by atoms with Crippen LogP contribution in [0.1, 0.15) is 36.5 Å². The van der Waals surface area contributed by atoms with Gasteiger partial charge < -0.3 is 4.74 Å². The normalized spacial score (nSPS) is 16.8. The van der Waals surface area contributed by atoms with E-state index in [0.29, 0.717) is 11.6 Å². The lowest BCUT2D eigenvalue weighted by atomic mass is 9.85. The molecule has 0 radical (unpaired) electrons. The number of ether oxygens (including phenoxy) is 1. The largest absolute Gasteiger partial charge is 0.494 e. The highest BCUT2D eigenvalue weighted by molar-refractivity contribution is 6.64. The maximum Gasteiger partial charge on any atom is 0.227 e. The van der Waals surface area contributed by atoms with Gasteiger partial charge in [0.05, 0.1) is 12.5 Å². The van der Waals surface area contributed by atoms with Crippen LogP contribution in [0.2, 0.25) is 5.02 Å². The fraction of sp³-hybridized carbons (Fsp3) is 0.400. The average molecular weight is 462 g/mol. The maximum absolute atomic E-state index is 13.1. The predicted octanol–water partition coefficient (Wildman–Crippen LogP) is 5.91. The minimum atomic E-state index is -0.314. The Kier molecular flexibility index (Phi) is 7.00. The molecule has 0 saturated carbocycles. The van der Waals surface area contributed by atoms with E-state index in [9.17, 15) is 9.18 Å². The Labute approximate surface area is 192 Å². The van der Waals surface area contributed by atoms with Crippen molar-refractivity contribution in [2.24, 2.45) is 5.92 Å². The summed E-state index contributed by atoms with van der Waals surface area (Å²) in [6.45, 7) is 5.21. The van der Waals surface area contributed by atoms with Gasteiger partial charge in [0.15, 0.2) is 0 Å². The molecule has 164 valence electrons. The Morgan fingerprint density at radius 2 is 2.00 bits per heavy atom. The molecule has 1 fully saturated rings. The van der Waals surface area contributed by atoms with Crippen LogP contribution >= 0.6 is 23.2 Å². The van der Waals surface area contributed by atoms with Crippen molar-refractivity contribution in [3.8, 4) is 5.75 Å². The average Bonchev–Trinajstić information content (AvgIpc) is 2.70. The second kappa shape index (κ2) is 9.72. The van der Waals surface area contributed by atoms with E-state index in [1.807, 2.05) is 6.07 Å². The van der Waals surface area contributed by atoms with Crippen LogP contribution in [0.25, 0.3) is 5.57 Å². The number of aryl methyl sites for hydroxylation is 2. The zero-order valence-electron chi connectivity index (χ0n) is 17.6. The van der Waals surface area contributed by atoms with E-state index in [-0.39, 0.29) is 17.0 Å². The monoisotopic (exact) mass is 461 g/mol. The van der Waals surface area contributed by atoms with Gasteiger partial charge in [0.1, 0.15) is 11.6 Å². The van der Waals surface area contributed by atoms with Gasteiger partial charge in [-0.25, -0.2) is 4.39 Å². The Morgan fingerprint density at radius 1 is 1.19 bits per heavy atom. The summed E-state index contributed by atoms with van der Waals surface area (Å²) in [5.74, 6) is 0.564. The fourth-order valence-electron chi connectivity index (χ4n) is 4.38. The number of benzene rings is 2. The first-order valence-electron chi connectivity index (χ1n) is 10.7. The second-order valence-corrected chi connectivity index (χ2v) is 9.21. The molecule has 1 aliphatic carbocycles. The maximum atomic E-state index is 13.1. The van der Waals surface area contributed by atoms with E-state index in [4.69, 9.17) is 27.9 Å². The van der Waals surface area contributed by atoms with Crippen molar-refractivity contribution >= 4 is 34.0 Å². The van der Waals surface area contributed by atoms with Gasteiger partial charge in [0.25, 0.3) is 0 Å². The van der Waals surface area contributed by atoms with Crippen molar-refractivity contribution in [2.75, 3.05) is 26.2 Å². The first-order chi connectivity index (χ1) is 14.9. The van der Waals surface area contributed by atoms with E-state index >= 15 is 0 Å². The second-order valence-electron chi connectivity index (χ2n) is 8.43. The molecule has 0 bridgehead atoms. The van der Waals surface area contributed by atoms with Crippen molar-refractivity contribution in [1.82, 2.24) is 4.90 Å². The van der Waals surface area contributed by atoms with Crippen LogP contribution in [-0.4, -0.2) is 36.4 Å². The number of carbonyl (C=O) groups excluding carboxylic acids is 1. The van der Waals surface area contributed by atoms with Crippen LogP contribution in [0, 0.1) is 11.7 Å². The van der Waals surface area contributed by atoms with Gasteiger partial charge in [-0.1, -0.05) is 29.3 Å². The van der Waals surface area contributed by atoms with Crippen molar-refractivity contribution < 1.29 is 13.9 Å². The van der Waals surface area contributed by atoms with Crippen molar-refractivity contribution in [3.63, 3.8) is 0 Å². The van der Waals surface area contributed by atoms with Gasteiger partial charge in [-0.05, 0) is 90.7 Å². The quantitative estimate of drug-likeness (QED) is 0.361. The van der Waals surface area contributed by atoms with Crippen LogP contribution in [-0.2, 0) is 17.6 Å². The van der Waals surface area contributed by atoms with Gasteiger partial charge in [-0.2, -0.15) is 0 Å². The summed E-state index contributed by atoms with van der Waals surface area (Å²) >= 11 is 11.7. The summed E-state index contributed by atoms with van der Waals surface area (Å²) in [6, 6.07) is 10.8. The van der Waals surface area contributed by atoms with E-state index in [0.717, 1.165) is 56.6 Å². The molecule has 0 spiro atoms. The summed E-state index contributed by atoms with van der Waals surface area (Å²) in [5.41, 5.74) is 6.32. The zero-order chi connectivity index (χ0) is 22.0. The molecular formula is C25H26Cl2FNO2. The molecule has 0 aromatic heterocycles. The molecule has 31 heavy (non-hydrogen) atoms. The lowest BCUT2D eigenvalue weighted by Crippen LogP contribution is -2.49. The molecule has 3 nitrogen and oxygen atoms in total. The van der Waals surface area contributed by atoms with E-state index in [1.54, 1.807) is 6.07 Å². The number of fused-ring (bicyclic) bond motifs is 1. The Hall–Kier alpha value is -1.88. The molecule has 1 saturated heterocycles. The number of nitrogens with zero attached hydrogens (tertiary/aromatic N) is 1. The van der Waals surface area contributed by atoms with Gasteiger partial charge >= 0.3 is 0 Å². The number of allylic oxidation sites excluding steroid dienone is 1. The smallest absolute Gasteiger partial charge is 0.227 e. The number of halogens is 3. The van der Waals surface area contributed by atoms with Crippen LogP contribution in [0.15, 0.2) is 42.0 Å². The minimum Gasteiger partial charge on any atom is -0.494 e. The molecule has 0 N–H and O–H groups in total. The van der Waals surface area contributed by atoms with Crippen molar-refractivity contribution in [1.29, 1.82) is 0 Å². The molecule has 2 aromatic carbocycles. The minimum absolute atomic E-state index is 0.00256. The SMILES string of the molecule is CC1=C(CN2CC(C(=O)Cl)C2)CCc2cc(OCCCc3ccc(F)cc3Cl)ccc21. The highest BCUT2D eigenvalue weighted by atomic mass is 35.5. The summed E-state index contributed by atoms with van der Waals surface area (Å²) in [5, 5.41) is 0.249. The van der Waals surface area contributed by atoms with Gasteiger partial charge in [-0.15, -0.1) is 0 Å². The molecule has 2 aliphatic rings. The highest BCUT2D eigenvalue weighted by Crippen LogP contribution is 2.34. The standard InChI is InChI=1S/C25H26Cl2FNO2/c1-16-19(13-29-14-20(15-29)25(27)30)5-4-18-11-22(8-9-23(16)18)31-10-2-3-17-6-7-21(28)12-24(17)26/h6-9,11-12,20H,2-5,10,13-15H2,1H3. The first kappa shape index (κ1) is 22.3. The van der Waals surface area contributed by atoms with Crippen molar-refractivity contribution in [2.45, 2.75) is 32.6 Å². The number of hydrogen-bond donors (Lipinski definition) is 0. The van der Waals surface area contributed by atoms with E-state index in [2.05, 4.69) is 24.0 Å². The first-order valence-corrected chi connectivity index (χ1v) is 11.5. The number of hydrogen-bond acceptors (Lipinski definition) is 3. The third kappa shape index (κ3) is 5.31. The topological polar surface area (TPSA) is 29.5 Å². The summed E-state index contributed by atoms with van der Waals surface area (Å²) < 4.78 is 19.1. The summed E-state index contributed by atoms with van der Waals surface area (Å²) in [4.78, 5) is 13.5. The lowest BCUT2D eigenvalue weighted by Gasteiger charge is -2.38. The third-order valence-electron chi connectivity index (χ3n) is 6.27. The molecule has 6 heteroatoms. The molecule has 0 unspecified atom stereocenters. The van der Waals surface area contributed by atoms with E-state index in [1.165, 1.54) is 34.4 Å². The molecular weight excluding hydrogens is 436 g/mol. The third-order valence-corrected chi connectivity index (χ3v) is 6.93. The predicted molar refractivity (Wildman–Crippen MR) is 123 cm³/mol. The Balaban J connectivity index is 1.31. The van der Waals surface area contributed by atoms with Gasteiger partial charge in [0.2, 0.25) is 5.24 Å². The van der Waals surface area contributed by atoms with Crippen LogP contribution in [0.4, 0.5) is 4.39 Å². The van der Waals surface area contributed by atoms with Crippen molar-refractivity contribution in [3.05, 3.63) is 69.5 Å². The molecule has 1 aliphatic heterocycles. The van der Waals surface area contributed by atoms with Gasteiger partial charge in [-0.3, -0.25) is 9.69 Å². The lowest BCUT2D eigenvalue weighted by molar-refractivity contribution is -0.119. The Bertz CT molecular complexity index is 1010. The zero-order valence-corrected chi connectivity index (χ0v) is 19.1. The fourth-order valence-corrected chi connectivity index (χ4v) is 4.78. The van der Waals surface area contributed by atoms with Gasteiger partial charge in [0, 0.05) is 24.7 Å². The highest BCUT2D eigenvalue weighted by Gasteiger charge is 2.32. The molecule has 1 heterocycles. The van der Waals surface area contributed by atoms with Crippen LogP contribution < -0.4 is 4.74 Å². The summed E-state index contributed by atoms with van der Waals surface area (Å²) in [7, 11) is 0. The van der Waals surface area contributed by atoms with Crippen LogP contribution in [0.3, 0.4) is 0 Å². The molecule has 0 amide bonds.